The Labute approximate surface area is 175 Å². The third-order valence-corrected chi connectivity index (χ3v) is 5.07. The molecule has 0 saturated carbocycles. The molecule has 1 heterocycles. The molecule has 1 N–H and O–H groups in total. The number of carbonyl (C=O) groups excluding carboxylic acids is 1. The Morgan fingerprint density at radius 2 is 1.96 bits per heavy atom. The monoisotopic (exact) mass is 429 g/mol. The van der Waals surface area contributed by atoms with Gasteiger partial charge in [0.05, 0.1) is 0 Å². The Balaban J connectivity index is 1.81. The molecule has 0 aliphatic rings. The third-order valence-electron chi connectivity index (χ3n) is 3.67. The molecule has 0 bridgehead atoms. The molecule has 0 aliphatic carbocycles. The molecule has 0 saturated heterocycles. The summed E-state index contributed by atoms with van der Waals surface area (Å²) < 4.78 is 5.85. The Morgan fingerprint density at radius 3 is 2.64 bits per heavy atom. The van der Waals surface area contributed by atoms with Crippen molar-refractivity contribution >= 4 is 51.7 Å². The van der Waals surface area contributed by atoms with E-state index in [-0.39, 0.29) is 12.2 Å². The van der Waals surface area contributed by atoms with Crippen molar-refractivity contribution in [3.8, 4) is 11.8 Å². The third kappa shape index (κ3) is 4.90. The molecule has 1 amide bonds. The second-order valence-electron chi connectivity index (χ2n) is 5.49. The molecule has 1 aromatic heterocycles. The Hall–Kier alpha value is -2.85. The highest BCUT2D eigenvalue weighted by Gasteiger charge is 2.13. The van der Waals surface area contributed by atoms with E-state index < -0.39 is 5.91 Å². The van der Waals surface area contributed by atoms with Crippen molar-refractivity contribution in [2.24, 2.45) is 0 Å². The average Bonchev–Trinajstić information content (AvgIpc) is 3.19. The van der Waals surface area contributed by atoms with E-state index in [1.54, 1.807) is 54.0 Å². The van der Waals surface area contributed by atoms with Crippen LogP contribution < -0.4 is 10.1 Å². The number of hydrogen-bond donors (Lipinski definition) is 1. The van der Waals surface area contributed by atoms with Crippen molar-refractivity contribution in [2.45, 2.75) is 6.61 Å². The normalized spacial score (nSPS) is 11.0. The number of thiazole rings is 1. The molecule has 28 heavy (non-hydrogen) atoms. The first kappa shape index (κ1) is 19.9. The Morgan fingerprint density at radius 1 is 1.21 bits per heavy atom. The van der Waals surface area contributed by atoms with Crippen LogP contribution in [0.5, 0.6) is 5.75 Å². The van der Waals surface area contributed by atoms with E-state index in [0.29, 0.717) is 32.1 Å². The number of amides is 1. The number of nitrogens with one attached hydrogen (secondary N) is 1. The standard InChI is InChI=1S/C20H13Cl2N3O2S/c21-16-5-3-6-17(22)15(16)12-27-18-7-2-1-4-13(18)10-14(11-23)19(26)25-20-24-8-9-28-20/h1-10H,12H2,(H,24,25,26)/b14-10+. The van der Waals surface area contributed by atoms with Gasteiger partial charge in [-0.2, -0.15) is 5.26 Å². The lowest BCUT2D eigenvalue weighted by molar-refractivity contribution is -0.112. The van der Waals surface area contributed by atoms with Crippen LogP contribution in [0.25, 0.3) is 6.08 Å². The van der Waals surface area contributed by atoms with Gasteiger partial charge in [0, 0.05) is 32.7 Å². The van der Waals surface area contributed by atoms with E-state index in [1.807, 2.05) is 6.07 Å². The largest absolute Gasteiger partial charge is 0.488 e. The fourth-order valence-electron chi connectivity index (χ4n) is 2.31. The van der Waals surface area contributed by atoms with E-state index in [1.165, 1.54) is 17.4 Å². The smallest absolute Gasteiger partial charge is 0.268 e. The summed E-state index contributed by atoms with van der Waals surface area (Å²) in [5, 5.41) is 15.1. The van der Waals surface area contributed by atoms with Gasteiger partial charge in [-0.25, -0.2) is 4.98 Å². The summed E-state index contributed by atoms with van der Waals surface area (Å²) in [4.78, 5) is 16.3. The summed E-state index contributed by atoms with van der Waals surface area (Å²) in [6.07, 6.45) is 3.03. The molecule has 0 fully saturated rings. The summed E-state index contributed by atoms with van der Waals surface area (Å²) in [6.45, 7) is 0.149. The van der Waals surface area contributed by atoms with Gasteiger partial charge in [-0.1, -0.05) is 47.5 Å². The van der Waals surface area contributed by atoms with Crippen LogP contribution in [0, 0.1) is 11.3 Å². The van der Waals surface area contributed by atoms with Crippen LogP contribution in [0.4, 0.5) is 5.13 Å². The second kappa shape index (κ2) is 9.38. The lowest BCUT2D eigenvalue weighted by atomic mass is 10.1. The molecule has 2 aromatic carbocycles. The van der Waals surface area contributed by atoms with Gasteiger partial charge in [0.15, 0.2) is 5.13 Å². The van der Waals surface area contributed by atoms with Crippen molar-refractivity contribution in [3.63, 3.8) is 0 Å². The number of halogens is 2. The van der Waals surface area contributed by atoms with Crippen LogP contribution in [0.15, 0.2) is 59.6 Å². The highest BCUT2D eigenvalue weighted by Crippen LogP contribution is 2.28. The van der Waals surface area contributed by atoms with E-state index in [2.05, 4.69) is 10.3 Å². The van der Waals surface area contributed by atoms with Crippen LogP contribution in [0.3, 0.4) is 0 Å². The van der Waals surface area contributed by atoms with Crippen molar-refractivity contribution in [1.29, 1.82) is 5.26 Å². The number of para-hydroxylation sites is 1. The average molecular weight is 430 g/mol. The number of hydrogen-bond acceptors (Lipinski definition) is 5. The topological polar surface area (TPSA) is 75.0 Å². The molecule has 3 rings (SSSR count). The molecule has 8 heteroatoms. The summed E-state index contributed by atoms with van der Waals surface area (Å²) >= 11 is 13.6. The minimum Gasteiger partial charge on any atom is -0.488 e. The van der Waals surface area contributed by atoms with Gasteiger partial charge < -0.3 is 4.74 Å². The van der Waals surface area contributed by atoms with Crippen molar-refractivity contribution in [2.75, 3.05) is 5.32 Å². The molecule has 5 nitrogen and oxygen atoms in total. The van der Waals surface area contributed by atoms with E-state index in [4.69, 9.17) is 27.9 Å². The van der Waals surface area contributed by atoms with Crippen molar-refractivity contribution in [1.82, 2.24) is 4.98 Å². The molecular formula is C20H13Cl2N3O2S. The summed E-state index contributed by atoms with van der Waals surface area (Å²) in [5.41, 5.74) is 1.17. The highest BCUT2D eigenvalue weighted by molar-refractivity contribution is 7.13. The number of nitriles is 1. The van der Waals surface area contributed by atoms with E-state index in [0.717, 1.165) is 0 Å². The number of ether oxygens (including phenoxy) is 1. The highest BCUT2D eigenvalue weighted by atomic mass is 35.5. The number of carbonyl (C=O) groups is 1. The fraction of sp³-hybridized carbons (Fsp3) is 0.0500. The summed E-state index contributed by atoms with van der Waals surface area (Å²) in [6, 6.07) is 14.2. The predicted molar refractivity (Wildman–Crippen MR) is 112 cm³/mol. The van der Waals surface area contributed by atoms with Crippen molar-refractivity contribution < 1.29 is 9.53 Å². The number of benzene rings is 2. The predicted octanol–water partition coefficient (Wildman–Crippen LogP) is 5.57. The van der Waals surface area contributed by atoms with Gasteiger partial charge in [0.1, 0.15) is 24.0 Å². The van der Waals surface area contributed by atoms with Gasteiger partial charge in [-0.3, -0.25) is 10.1 Å². The summed E-state index contributed by atoms with van der Waals surface area (Å²) in [7, 11) is 0. The van der Waals surface area contributed by atoms with Gasteiger partial charge >= 0.3 is 0 Å². The fourth-order valence-corrected chi connectivity index (χ4v) is 3.34. The molecule has 140 valence electrons. The molecule has 0 unspecified atom stereocenters. The van der Waals surface area contributed by atoms with Gasteiger partial charge in [0.2, 0.25) is 0 Å². The number of aromatic nitrogens is 1. The minimum atomic E-state index is -0.540. The van der Waals surface area contributed by atoms with Crippen molar-refractivity contribution in [3.05, 3.63) is 80.8 Å². The van der Waals surface area contributed by atoms with Gasteiger partial charge in [-0.05, 0) is 24.3 Å². The Bertz CT molecular complexity index is 1040. The zero-order valence-corrected chi connectivity index (χ0v) is 16.7. The lowest BCUT2D eigenvalue weighted by Gasteiger charge is -2.12. The number of nitrogens with zero attached hydrogens (tertiary/aromatic N) is 2. The number of rotatable bonds is 6. The van der Waals surface area contributed by atoms with Crippen LogP contribution in [0.2, 0.25) is 10.0 Å². The van der Waals surface area contributed by atoms with E-state index in [9.17, 15) is 10.1 Å². The van der Waals surface area contributed by atoms with Crippen LogP contribution >= 0.6 is 34.5 Å². The maximum absolute atomic E-state index is 12.3. The van der Waals surface area contributed by atoms with Gasteiger partial charge in [0.25, 0.3) is 5.91 Å². The van der Waals surface area contributed by atoms with Gasteiger partial charge in [-0.15, -0.1) is 11.3 Å². The Kier molecular flexibility index (Phi) is 6.66. The number of anilines is 1. The second-order valence-corrected chi connectivity index (χ2v) is 7.20. The SMILES string of the molecule is N#C/C(=C\c1ccccc1OCc1c(Cl)cccc1Cl)C(=O)Nc1nccs1. The minimum absolute atomic E-state index is 0.0676. The first-order valence-electron chi connectivity index (χ1n) is 8.06. The van der Waals surface area contributed by atoms with E-state index >= 15 is 0 Å². The zero-order chi connectivity index (χ0) is 19.9. The van der Waals surface area contributed by atoms with Crippen LogP contribution in [0.1, 0.15) is 11.1 Å². The molecule has 0 spiro atoms. The maximum Gasteiger partial charge on any atom is 0.268 e. The molecule has 0 aliphatic heterocycles. The molecule has 0 radical (unpaired) electrons. The maximum atomic E-state index is 12.3. The lowest BCUT2D eigenvalue weighted by Crippen LogP contribution is -2.13. The zero-order valence-electron chi connectivity index (χ0n) is 14.4. The van der Waals surface area contributed by atoms with Crippen LogP contribution in [-0.4, -0.2) is 10.9 Å². The van der Waals surface area contributed by atoms with Crippen LogP contribution in [-0.2, 0) is 11.4 Å². The quantitative estimate of drug-likeness (QED) is 0.410. The molecule has 0 atom stereocenters. The molecule has 3 aromatic rings. The first-order chi connectivity index (χ1) is 13.6. The first-order valence-corrected chi connectivity index (χ1v) is 9.69. The summed E-state index contributed by atoms with van der Waals surface area (Å²) in [5.74, 6) is -0.0466. The molecular weight excluding hydrogens is 417 g/mol.